The fraction of sp³-hybridized carbons (Fsp3) is 0.207. The van der Waals surface area contributed by atoms with Crippen LogP contribution in [0.15, 0.2) is 80.1 Å². The number of carbonyl (C=O) groups excluding carboxylic acids is 1. The van der Waals surface area contributed by atoms with Gasteiger partial charge in [-0.15, -0.1) is 0 Å². The molecular formula is C29H25ClN4O6S. The Morgan fingerprint density at radius 2 is 1.95 bits per heavy atom. The van der Waals surface area contributed by atoms with Gasteiger partial charge in [0.15, 0.2) is 4.80 Å². The topological polar surface area (TPSA) is 120 Å². The molecule has 4 aromatic rings. The van der Waals surface area contributed by atoms with Crippen molar-refractivity contribution in [2.75, 3.05) is 25.6 Å². The Bertz CT molecular complexity index is 1880. The van der Waals surface area contributed by atoms with E-state index in [1.54, 1.807) is 32.1 Å². The van der Waals surface area contributed by atoms with E-state index in [0.717, 1.165) is 11.3 Å². The van der Waals surface area contributed by atoms with Crippen LogP contribution in [0.25, 0.3) is 17.4 Å². The van der Waals surface area contributed by atoms with Crippen LogP contribution in [0.3, 0.4) is 0 Å². The number of rotatable bonds is 7. The Labute approximate surface area is 243 Å². The van der Waals surface area contributed by atoms with Gasteiger partial charge < -0.3 is 14.1 Å². The summed E-state index contributed by atoms with van der Waals surface area (Å²) in [4.78, 5) is 44.6. The van der Waals surface area contributed by atoms with Gasteiger partial charge in [0.25, 0.3) is 11.2 Å². The van der Waals surface area contributed by atoms with Crippen LogP contribution in [0, 0.1) is 10.1 Å². The summed E-state index contributed by atoms with van der Waals surface area (Å²) in [5, 5.41) is 11.5. The van der Waals surface area contributed by atoms with Crippen molar-refractivity contribution in [1.29, 1.82) is 0 Å². The number of hydrogen-bond donors (Lipinski definition) is 0. The minimum absolute atomic E-state index is 0.123. The molecule has 0 bridgehead atoms. The molecule has 5 rings (SSSR count). The summed E-state index contributed by atoms with van der Waals surface area (Å²) in [6.07, 6.45) is 1.58. The van der Waals surface area contributed by atoms with Crippen molar-refractivity contribution in [2.45, 2.75) is 19.9 Å². The third-order valence-electron chi connectivity index (χ3n) is 6.57. The number of esters is 1. The SMILES string of the molecule is CCOC(=O)C1=C(C)N=c2sc(=Cc3ccc(-c4cc([N+](=O)[O-])ccc4Cl)o3)c(=O)n2[C@H]1c1ccc(N(C)C)cc1. The highest BCUT2D eigenvalue weighted by molar-refractivity contribution is 7.07. The number of nitro groups is 1. The summed E-state index contributed by atoms with van der Waals surface area (Å²) in [6.45, 7) is 3.64. The predicted octanol–water partition coefficient (Wildman–Crippen LogP) is 4.69. The van der Waals surface area contributed by atoms with Crippen molar-refractivity contribution < 1.29 is 18.9 Å². The minimum Gasteiger partial charge on any atom is -0.463 e. The molecule has 0 amide bonds. The minimum atomic E-state index is -0.737. The second-order valence-electron chi connectivity index (χ2n) is 9.41. The molecule has 0 saturated heterocycles. The fourth-order valence-corrected chi connectivity index (χ4v) is 5.82. The van der Waals surface area contributed by atoms with Crippen molar-refractivity contribution in [3.63, 3.8) is 0 Å². The van der Waals surface area contributed by atoms with Gasteiger partial charge in [-0.25, -0.2) is 9.79 Å². The number of non-ortho nitro benzene ring substituents is 1. The first-order valence-corrected chi connectivity index (χ1v) is 13.8. The van der Waals surface area contributed by atoms with Crippen molar-refractivity contribution >= 4 is 46.4 Å². The van der Waals surface area contributed by atoms with Gasteiger partial charge >= 0.3 is 5.97 Å². The summed E-state index contributed by atoms with van der Waals surface area (Å²) in [7, 11) is 3.86. The second-order valence-corrected chi connectivity index (χ2v) is 10.8. The van der Waals surface area contributed by atoms with Gasteiger partial charge in [0, 0.05) is 43.6 Å². The second kappa shape index (κ2) is 11.2. The van der Waals surface area contributed by atoms with Crippen molar-refractivity contribution in [3.05, 3.63) is 112 Å². The molecule has 1 aliphatic rings. The lowest BCUT2D eigenvalue weighted by Crippen LogP contribution is -2.39. The average Bonchev–Trinajstić information content (AvgIpc) is 3.52. The van der Waals surface area contributed by atoms with Crippen LogP contribution in [0.1, 0.15) is 31.2 Å². The number of anilines is 1. The number of fused-ring (bicyclic) bond motifs is 1. The third-order valence-corrected chi connectivity index (χ3v) is 7.88. The Morgan fingerprint density at radius 1 is 1.22 bits per heavy atom. The van der Waals surface area contributed by atoms with E-state index in [1.807, 2.05) is 43.3 Å². The number of thiazole rings is 1. The van der Waals surface area contributed by atoms with Gasteiger partial charge in [-0.05, 0) is 49.7 Å². The van der Waals surface area contributed by atoms with Crippen molar-refractivity contribution in [3.8, 4) is 11.3 Å². The maximum absolute atomic E-state index is 13.8. The number of allylic oxidation sites excluding steroid dienone is 1. The molecular weight excluding hydrogens is 568 g/mol. The smallest absolute Gasteiger partial charge is 0.338 e. The zero-order chi connectivity index (χ0) is 29.4. The van der Waals surface area contributed by atoms with Crippen molar-refractivity contribution in [2.24, 2.45) is 4.99 Å². The molecule has 10 nitrogen and oxygen atoms in total. The molecule has 2 aromatic carbocycles. The number of nitro benzene ring substituents is 1. The van der Waals surface area contributed by atoms with Gasteiger partial charge in [0.2, 0.25) is 0 Å². The summed E-state index contributed by atoms with van der Waals surface area (Å²) < 4.78 is 13.1. The summed E-state index contributed by atoms with van der Waals surface area (Å²) in [5.41, 5.74) is 2.36. The van der Waals surface area contributed by atoms with Gasteiger partial charge in [-0.3, -0.25) is 19.5 Å². The molecule has 0 radical (unpaired) electrons. The molecule has 2 aromatic heterocycles. The largest absolute Gasteiger partial charge is 0.463 e. The van der Waals surface area contributed by atoms with Crippen LogP contribution in [0.5, 0.6) is 0 Å². The highest BCUT2D eigenvalue weighted by atomic mass is 35.5. The summed E-state index contributed by atoms with van der Waals surface area (Å²) >= 11 is 7.44. The molecule has 3 heterocycles. The normalized spacial score (nSPS) is 15.0. The molecule has 1 atom stereocenters. The van der Waals surface area contributed by atoms with E-state index >= 15 is 0 Å². The van der Waals surface area contributed by atoms with Crippen LogP contribution in [-0.4, -0.2) is 36.2 Å². The van der Waals surface area contributed by atoms with E-state index in [0.29, 0.717) is 37.7 Å². The number of ether oxygens (including phenoxy) is 1. The molecule has 0 spiro atoms. The van der Waals surface area contributed by atoms with Crippen LogP contribution in [-0.2, 0) is 9.53 Å². The molecule has 0 aliphatic carbocycles. The third kappa shape index (κ3) is 5.33. The van der Waals surface area contributed by atoms with Gasteiger partial charge in [-0.2, -0.15) is 0 Å². The molecule has 0 fully saturated rings. The van der Waals surface area contributed by atoms with Gasteiger partial charge in [0.1, 0.15) is 11.5 Å². The summed E-state index contributed by atoms with van der Waals surface area (Å²) in [6, 6.07) is 14.2. The lowest BCUT2D eigenvalue weighted by Gasteiger charge is -2.25. The molecule has 0 N–H and O–H groups in total. The van der Waals surface area contributed by atoms with Crippen LogP contribution >= 0.6 is 22.9 Å². The zero-order valence-corrected chi connectivity index (χ0v) is 24.2. The lowest BCUT2D eigenvalue weighted by atomic mass is 9.95. The van der Waals surface area contributed by atoms with E-state index in [1.165, 1.54) is 34.1 Å². The van der Waals surface area contributed by atoms with E-state index in [2.05, 4.69) is 4.99 Å². The summed E-state index contributed by atoms with van der Waals surface area (Å²) in [5.74, 6) is 0.132. The van der Waals surface area contributed by atoms with Crippen LogP contribution < -0.4 is 19.8 Å². The van der Waals surface area contributed by atoms with Crippen LogP contribution in [0.4, 0.5) is 11.4 Å². The van der Waals surface area contributed by atoms with Crippen LogP contribution in [0.2, 0.25) is 5.02 Å². The first kappa shape index (κ1) is 28.1. The zero-order valence-electron chi connectivity index (χ0n) is 22.6. The number of carbonyl (C=O) groups is 1. The quantitative estimate of drug-likeness (QED) is 0.173. The van der Waals surface area contributed by atoms with Crippen molar-refractivity contribution in [1.82, 2.24) is 4.57 Å². The lowest BCUT2D eigenvalue weighted by molar-refractivity contribution is -0.384. The number of benzene rings is 2. The highest BCUT2D eigenvalue weighted by Crippen LogP contribution is 2.33. The van der Waals surface area contributed by atoms with E-state index in [9.17, 15) is 19.7 Å². The monoisotopic (exact) mass is 592 g/mol. The maximum atomic E-state index is 13.8. The number of aromatic nitrogens is 1. The molecule has 41 heavy (non-hydrogen) atoms. The molecule has 0 saturated carbocycles. The maximum Gasteiger partial charge on any atom is 0.338 e. The number of halogens is 1. The van der Waals surface area contributed by atoms with E-state index < -0.39 is 16.9 Å². The van der Waals surface area contributed by atoms with Gasteiger partial charge in [-0.1, -0.05) is 35.1 Å². The first-order valence-electron chi connectivity index (χ1n) is 12.6. The molecule has 0 unspecified atom stereocenters. The molecule has 210 valence electrons. The standard InChI is InChI=1S/C29H25ClN4O6S/c1-5-39-28(36)25-16(2)31-29-33(26(25)17-6-8-18(9-7-17)32(3)4)27(35)24(41-29)15-20-11-13-23(40-20)21-14-19(34(37)38)10-12-22(21)30/h6-15,26H,5H2,1-4H3/t26-/m0/s1. The average molecular weight is 593 g/mol. The Morgan fingerprint density at radius 3 is 2.61 bits per heavy atom. The first-order chi connectivity index (χ1) is 19.6. The molecule has 1 aliphatic heterocycles. The number of furan rings is 1. The van der Waals surface area contributed by atoms with E-state index in [-0.39, 0.29) is 22.9 Å². The van der Waals surface area contributed by atoms with E-state index in [4.69, 9.17) is 20.8 Å². The molecule has 12 heteroatoms. The van der Waals surface area contributed by atoms with Gasteiger partial charge in [0.05, 0.1) is 38.4 Å². The number of hydrogen-bond acceptors (Lipinski definition) is 9. The highest BCUT2D eigenvalue weighted by Gasteiger charge is 2.33. The predicted molar refractivity (Wildman–Crippen MR) is 157 cm³/mol. The Hall–Kier alpha value is -4.48. The Kier molecular flexibility index (Phi) is 7.65. The number of nitrogens with zero attached hydrogens (tertiary/aromatic N) is 4. The Balaban J connectivity index is 1.62. The fourth-order valence-electron chi connectivity index (χ4n) is 4.58.